The van der Waals surface area contributed by atoms with Crippen LogP contribution in [0.1, 0.15) is 373 Å². The van der Waals surface area contributed by atoms with E-state index >= 15 is 0 Å². The van der Waals surface area contributed by atoms with Crippen molar-refractivity contribution in [1.29, 1.82) is 0 Å². The van der Waals surface area contributed by atoms with Crippen molar-refractivity contribution in [2.75, 3.05) is 47.5 Å². The van der Waals surface area contributed by atoms with Gasteiger partial charge in [0.2, 0.25) is 0 Å². The van der Waals surface area contributed by atoms with Crippen molar-refractivity contribution in [3.05, 3.63) is 97.2 Å². The lowest BCUT2D eigenvalue weighted by Gasteiger charge is -2.25. The monoisotopic (exact) mass is 1330 g/mol. The highest BCUT2D eigenvalue weighted by atomic mass is 16.7. The minimum absolute atomic E-state index is 0.184. The van der Waals surface area contributed by atoms with Gasteiger partial charge < -0.3 is 28.5 Å². The second-order valence-electron chi connectivity index (χ2n) is 28.3. The third kappa shape index (κ3) is 77.4. The number of likely N-dealkylation sites (N-methyl/N-ethyl adjacent to an activating group) is 1. The highest BCUT2D eigenvalue weighted by molar-refractivity contribution is 5.71. The van der Waals surface area contributed by atoms with E-state index in [0.29, 0.717) is 23.9 Å². The number of aliphatic carboxylic acids is 1. The van der Waals surface area contributed by atoms with Crippen molar-refractivity contribution in [3.63, 3.8) is 0 Å². The smallest absolute Gasteiger partial charge is 0.361 e. The van der Waals surface area contributed by atoms with Crippen LogP contribution >= 0.6 is 0 Å². The van der Waals surface area contributed by atoms with Crippen LogP contribution in [0, 0.1) is 0 Å². The lowest BCUT2D eigenvalue weighted by Crippen LogP contribution is -2.40. The van der Waals surface area contributed by atoms with E-state index < -0.39 is 24.3 Å². The SMILES string of the molecule is CC/C=C\C/C=C\C/C=C\C/C=C\C/C=C\C/C=C\C/C=C\CCCCCCCCCCCC(=O)OC(COC(=O)CCCCCCCCCCCCCCCCCCCCCCCCCCCCC/C=C\CCCCCCCCCC)COC(OCC[N+](C)(C)C)C(=O)O. The number of hydrogen-bond acceptors (Lipinski definition) is 7. The molecule has 9 nitrogen and oxygen atoms in total. The minimum atomic E-state index is -1.52. The summed E-state index contributed by atoms with van der Waals surface area (Å²) in [5.74, 6) is -2.00. The number of carboxylic acid groups (broad SMARTS) is 1. The molecule has 0 spiro atoms. The molecule has 0 bridgehead atoms. The second kappa shape index (κ2) is 76.0. The lowest BCUT2D eigenvalue weighted by atomic mass is 10.0. The number of carboxylic acids is 1. The van der Waals surface area contributed by atoms with Crippen molar-refractivity contribution in [2.24, 2.45) is 0 Å². The highest BCUT2D eigenvalue weighted by Crippen LogP contribution is 2.19. The summed E-state index contributed by atoms with van der Waals surface area (Å²) >= 11 is 0. The Hall–Kier alpha value is -3.79. The van der Waals surface area contributed by atoms with Gasteiger partial charge in [-0.2, -0.15) is 0 Å². The first-order chi connectivity index (χ1) is 46.6. The zero-order valence-corrected chi connectivity index (χ0v) is 63.1. The molecule has 0 saturated carbocycles. The predicted octanol–water partition coefficient (Wildman–Crippen LogP) is 25.9. The van der Waals surface area contributed by atoms with Gasteiger partial charge in [0.05, 0.1) is 34.4 Å². The molecule has 2 unspecified atom stereocenters. The molecule has 0 aliphatic heterocycles. The van der Waals surface area contributed by atoms with Crippen LogP contribution in [0.15, 0.2) is 97.2 Å². The molecule has 0 aromatic carbocycles. The number of nitrogens with zero attached hydrogens (tertiary/aromatic N) is 1. The molecule has 0 aliphatic rings. The van der Waals surface area contributed by atoms with Crippen molar-refractivity contribution in [3.8, 4) is 0 Å². The Balaban J connectivity index is 4.00. The molecule has 0 fully saturated rings. The van der Waals surface area contributed by atoms with Gasteiger partial charge in [-0.3, -0.25) is 9.59 Å². The van der Waals surface area contributed by atoms with E-state index in [4.69, 9.17) is 18.9 Å². The van der Waals surface area contributed by atoms with Crippen LogP contribution in [0.3, 0.4) is 0 Å². The molecule has 1 N–H and O–H groups in total. The van der Waals surface area contributed by atoms with Gasteiger partial charge in [0.1, 0.15) is 13.2 Å². The number of ether oxygens (including phenoxy) is 4. The third-order valence-corrected chi connectivity index (χ3v) is 17.8. The number of carbonyl (C=O) groups excluding carboxylic acids is 2. The van der Waals surface area contributed by atoms with Crippen molar-refractivity contribution in [1.82, 2.24) is 0 Å². The second-order valence-corrected chi connectivity index (χ2v) is 28.3. The summed E-state index contributed by atoms with van der Waals surface area (Å²) in [4.78, 5) is 37.7. The molecular weight excluding hydrogens is 1170 g/mol. The Kier molecular flexibility index (Phi) is 72.9. The van der Waals surface area contributed by atoms with E-state index in [1.54, 1.807) is 0 Å². The van der Waals surface area contributed by atoms with Gasteiger partial charge in [-0.25, -0.2) is 4.79 Å². The maximum absolute atomic E-state index is 13.0. The lowest BCUT2D eigenvalue weighted by molar-refractivity contribution is -0.870. The Bertz CT molecular complexity index is 1890. The van der Waals surface area contributed by atoms with E-state index in [1.807, 2.05) is 21.1 Å². The fourth-order valence-corrected chi connectivity index (χ4v) is 11.7. The molecule has 0 aromatic heterocycles. The number of rotatable bonds is 75. The maximum Gasteiger partial charge on any atom is 0.361 e. The molecule has 95 heavy (non-hydrogen) atoms. The minimum Gasteiger partial charge on any atom is -0.477 e. The van der Waals surface area contributed by atoms with Crippen LogP contribution in [0.4, 0.5) is 0 Å². The topological polar surface area (TPSA) is 108 Å². The van der Waals surface area contributed by atoms with E-state index in [-0.39, 0.29) is 32.2 Å². The molecule has 0 aromatic rings. The molecule has 2 atom stereocenters. The van der Waals surface area contributed by atoms with E-state index in [9.17, 15) is 19.5 Å². The molecule has 0 radical (unpaired) electrons. The Morgan fingerprint density at radius 2 is 0.600 bits per heavy atom. The summed E-state index contributed by atoms with van der Waals surface area (Å²) in [7, 11) is 5.98. The average molecular weight is 1330 g/mol. The molecule has 0 amide bonds. The van der Waals surface area contributed by atoms with E-state index in [2.05, 4.69) is 111 Å². The number of esters is 2. The van der Waals surface area contributed by atoms with Crippen molar-refractivity contribution < 1.29 is 42.9 Å². The Labute approximate surface area is 588 Å². The molecule has 0 heterocycles. The quantitative estimate of drug-likeness (QED) is 0.0211. The first kappa shape index (κ1) is 91.2. The number of allylic oxidation sites excluding steroid dienone is 16. The van der Waals surface area contributed by atoms with Gasteiger partial charge in [0.15, 0.2) is 6.10 Å². The number of hydrogen-bond donors (Lipinski definition) is 1. The average Bonchev–Trinajstić information content (AvgIpc) is 3.24. The maximum atomic E-state index is 13.0. The Morgan fingerprint density at radius 1 is 0.326 bits per heavy atom. The summed E-state index contributed by atoms with van der Waals surface area (Å²) in [6.45, 7) is 4.80. The van der Waals surface area contributed by atoms with Gasteiger partial charge >= 0.3 is 17.9 Å². The van der Waals surface area contributed by atoms with Crippen LogP contribution in [0.5, 0.6) is 0 Å². The number of unbranched alkanes of at least 4 members (excludes halogenated alkanes) is 44. The largest absolute Gasteiger partial charge is 0.477 e. The predicted molar refractivity (Wildman–Crippen MR) is 410 cm³/mol. The normalized spacial score (nSPS) is 13.1. The first-order valence-electron chi connectivity index (χ1n) is 40.4. The van der Waals surface area contributed by atoms with Crippen LogP contribution < -0.4 is 0 Å². The number of quaternary nitrogens is 1. The van der Waals surface area contributed by atoms with Crippen LogP contribution in [-0.2, 0) is 33.3 Å². The number of carbonyl (C=O) groups is 3. The van der Waals surface area contributed by atoms with Gasteiger partial charge in [0, 0.05) is 12.8 Å². The summed E-state index contributed by atoms with van der Waals surface area (Å²) in [6.07, 6.45) is 103. The molecule has 9 heteroatoms. The summed E-state index contributed by atoms with van der Waals surface area (Å²) in [6, 6.07) is 0. The fraction of sp³-hybridized carbons (Fsp3) is 0.779. The van der Waals surface area contributed by atoms with E-state index in [1.165, 1.54) is 250 Å². The first-order valence-corrected chi connectivity index (χ1v) is 40.4. The standard InChI is InChI=1S/C86H153NO8/c1-6-8-10-12-14-16-18-20-22-24-26-28-30-32-34-36-38-39-40-41-42-43-44-45-47-48-50-52-54-56-58-60-62-64-66-68-70-72-74-76-83(88)93-80-82(81-94-86(85(90)91)92-79-78-87(3,4)5)95-84(89)77-75-73-71-69-67-65-63-61-59-57-55-53-51-49-46-37-35-33-31-29-27-25-23-21-19-17-15-13-11-9-7-2/h9,11,15,17,21,23-24,26-27,29,33,35,46,49,53,55,82,86H,6-8,10,12-14,16,18-20,22,25,28,30-32,34,36-45,47-48,50-52,54,56-81H2,1-5H3/p+1/b11-9-,17-15-,23-21-,26-24-,29-27-,35-33-,49-46-,55-53-. The van der Waals surface area contributed by atoms with Crippen LogP contribution in [0.2, 0.25) is 0 Å². The molecule has 0 aliphatic carbocycles. The van der Waals surface area contributed by atoms with Crippen LogP contribution in [0.25, 0.3) is 0 Å². The van der Waals surface area contributed by atoms with E-state index in [0.717, 1.165) is 89.9 Å². The summed E-state index contributed by atoms with van der Waals surface area (Å²) in [5, 5.41) is 9.77. The third-order valence-electron chi connectivity index (χ3n) is 17.8. The molecular formula is C86H154NO8+. The highest BCUT2D eigenvalue weighted by Gasteiger charge is 2.25. The van der Waals surface area contributed by atoms with Gasteiger partial charge in [0.25, 0.3) is 6.29 Å². The molecule has 550 valence electrons. The molecule has 0 saturated heterocycles. The van der Waals surface area contributed by atoms with Crippen LogP contribution in [-0.4, -0.2) is 87.4 Å². The zero-order chi connectivity index (χ0) is 69.0. The van der Waals surface area contributed by atoms with Crippen molar-refractivity contribution >= 4 is 17.9 Å². The summed E-state index contributed by atoms with van der Waals surface area (Å²) < 4.78 is 23.0. The van der Waals surface area contributed by atoms with Gasteiger partial charge in [-0.1, -0.05) is 361 Å². The van der Waals surface area contributed by atoms with Gasteiger partial charge in [-0.15, -0.1) is 0 Å². The summed E-state index contributed by atoms with van der Waals surface area (Å²) in [5.41, 5.74) is 0. The van der Waals surface area contributed by atoms with Gasteiger partial charge in [-0.05, 0) is 96.3 Å². The Morgan fingerprint density at radius 3 is 0.905 bits per heavy atom. The fourth-order valence-electron chi connectivity index (χ4n) is 11.7. The molecule has 0 rings (SSSR count). The van der Waals surface area contributed by atoms with Crippen molar-refractivity contribution in [2.45, 2.75) is 386 Å². The zero-order valence-electron chi connectivity index (χ0n) is 63.1.